The fraction of sp³-hybridized carbons (Fsp3) is 0. The van der Waals surface area contributed by atoms with Gasteiger partial charge in [0.25, 0.3) is 0 Å². The summed E-state index contributed by atoms with van der Waals surface area (Å²) in [7, 11) is 0. The van der Waals surface area contributed by atoms with Crippen LogP contribution in [0.2, 0.25) is 0 Å². The number of fused-ring (bicyclic) bond motifs is 2. The van der Waals surface area contributed by atoms with Gasteiger partial charge in [-0.1, -0.05) is 84.9 Å². The largest absolute Gasteiger partial charge is 0.453 e. The number of para-hydroxylation sites is 2. The molecule has 0 aliphatic carbocycles. The third-order valence-electron chi connectivity index (χ3n) is 4.79. The predicted octanol–water partition coefficient (Wildman–Crippen LogP) is 7.58. The van der Waals surface area contributed by atoms with Crippen molar-refractivity contribution in [3.8, 4) is 23.0 Å². The van der Waals surface area contributed by atoms with E-state index in [9.17, 15) is 0 Å². The average Bonchev–Trinajstić information content (AvgIpc) is 2.76. The summed E-state index contributed by atoms with van der Waals surface area (Å²) in [6.07, 6.45) is 0. The SMILES string of the molecule is c1ccc(Oc2cccc3ccccc23)c(Oc2cccc3ccccc23)c1. The first-order chi connectivity index (χ1) is 13.9. The molecule has 0 aliphatic heterocycles. The van der Waals surface area contributed by atoms with Gasteiger partial charge in [0.05, 0.1) is 0 Å². The Morgan fingerprint density at radius 2 is 0.679 bits per heavy atom. The molecule has 0 saturated carbocycles. The van der Waals surface area contributed by atoms with E-state index in [4.69, 9.17) is 9.47 Å². The highest BCUT2D eigenvalue weighted by molar-refractivity contribution is 5.89. The lowest BCUT2D eigenvalue weighted by atomic mass is 10.1. The topological polar surface area (TPSA) is 18.5 Å². The van der Waals surface area contributed by atoms with Gasteiger partial charge in [-0.25, -0.2) is 0 Å². The van der Waals surface area contributed by atoms with Gasteiger partial charge in [0.15, 0.2) is 11.5 Å². The van der Waals surface area contributed by atoms with Crippen LogP contribution >= 0.6 is 0 Å². The van der Waals surface area contributed by atoms with Crippen molar-refractivity contribution in [2.24, 2.45) is 0 Å². The van der Waals surface area contributed by atoms with Crippen molar-refractivity contribution in [3.05, 3.63) is 109 Å². The second-order valence-electron chi connectivity index (χ2n) is 6.61. The van der Waals surface area contributed by atoms with Crippen LogP contribution in [-0.4, -0.2) is 0 Å². The van der Waals surface area contributed by atoms with Gasteiger partial charge < -0.3 is 9.47 Å². The quantitative estimate of drug-likeness (QED) is 0.328. The third kappa shape index (κ3) is 3.06. The van der Waals surface area contributed by atoms with E-state index in [0.717, 1.165) is 33.0 Å². The molecule has 134 valence electrons. The first kappa shape index (κ1) is 16.4. The zero-order chi connectivity index (χ0) is 18.8. The zero-order valence-corrected chi connectivity index (χ0v) is 15.2. The predicted molar refractivity (Wildman–Crippen MR) is 114 cm³/mol. The van der Waals surface area contributed by atoms with Gasteiger partial charge in [0, 0.05) is 10.8 Å². The van der Waals surface area contributed by atoms with Crippen molar-refractivity contribution in [1.29, 1.82) is 0 Å². The van der Waals surface area contributed by atoms with E-state index in [2.05, 4.69) is 36.4 Å². The number of rotatable bonds is 4. The molecule has 0 radical (unpaired) electrons. The van der Waals surface area contributed by atoms with E-state index in [1.165, 1.54) is 0 Å². The molecule has 0 spiro atoms. The lowest BCUT2D eigenvalue weighted by molar-refractivity contribution is 0.424. The Labute approximate surface area is 163 Å². The molecule has 0 fully saturated rings. The minimum atomic E-state index is 0.687. The fourth-order valence-electron chi connectivity index (χ4n) is 3.43. The molecule has 5 aromatic rings. The Morgan fingerprint density at radius 1 is 0.321 bits per heavy atom. The molecule has 0 amide bonds. The van der Waals surface area contributed by atoms with Crippen molar-refractivity contribution in [2.45, 2.75) is 0 Å². The summed E-state index contributed by atoms with van der Waals surface area (Å²) in [6.45, 7) is 0. The van der Waals surface area contributed by atoms with Gasteiger partial charge in [0.2, 0.25) is 0 Å². The Kier molecular flexibility index (Phi) is 4.15. The second-order valence-corrected chi connectivity index (χ2v) is 6.61. The van der Waals surface area contributed by atoms with Crippen molar-refractivity contribution in [1.82, 2.24) is 0 Å². The van der Waals surface area contributed by atoms with Crippen LogP contribution in [-0.2, 0) is 0 Å². The Hall–Kier alpha value is -3.78. The summed E-state index contributed by atoms with van der Waals surface area (Å²) in [4.78, 5) is 0. The summed E-state index contributed by atoms with van der Waals surface area (Å²) in [5, 5.41) is 4.44. The lowest BCUT2D eigenvalue weighted by Crippen LogP contribution is -1.91. The molecule has 0 heterocycles. The highest BCUT2D eigenvalue weighted by atomic mass is 16.5. The van der Waals surface area contributed by atoms with Gasteiger partial charge >= 0.3 is 0 Å². The molecule has 0 unspecified atom stereocenters. The maximum Gasteiger partial charge on any atom is 0.169 e. The number of hydrogen-bond donors (Lipinski definition) is 0. The van der Waals surface area contributed by atoms with Crippen molar-refractivity contribution >= 4 is 21.5 Å². The molecule has 5 aromatic carbocycles. The Bertz CT molecular complexity index is 1160. The first-order valence-electron chi connectivity index (χ1n) is 9.29. The summed E-state index contributed by atoms with van der Waals surface area (Å²) in [6, 6.07) is 36.3. The first-order valence-corrected chi connectivity index (χ1v) is 9.29. The standard InChI is InChI=1S/C26H18O2/c1-3-13-21-19(9-1)11-7-17-23(21)27-25-15-5-6-16-26(25)28-24-18-8-12-20-10-2-4-14-22(20)24/h1-18H. The number of ether oxygens (including phenoxy) is 2. The minimum absolute atomic E-state index is 0.687. The van der Waals surface area contributed by atoms with Gasteiger partial charge in [-0.2, -0.15) is 0 Å². The fourth-order valence-corrected chi connectivity index (χ4v) is 3.43. The van der Waals surface area contributed by atoms with Crippen LogP contribution in [0.5, 0.6) is 23.0 Å². The maximum absolute atomic E-state index is 6.28. The molecular formula is C26H18O2. The van der Waals surface area contributed by atoms with E-state index >= 15 is 0 Å². The van der Waals surface area contributed by atoms with Crippen LogP contribution in [0.3, 0.4) is 0 Å². The molecule has 0 saturated heterocycles. The normalized spacial score (nSPS) is 10.9. The highest BCUT2D eigenvalue weighted by Crippen LogP contribution is 2.38. The molecule has 0 atom stereocenters. The molecule has 0 bridgehead atoms. The summed E-state index contributed by atoms with van der Waals surface area (Å²) >= 11 is 0. The van der Waals surface area contributed by atoms with E-state index in [0.29, 0.717) is 11.5 Å². The molecule has 0 N–H and O–H groups in total. The summed E-state index contributed by atoms with van der Waals surface area (Å²) in [5.41, 5.74) is 0. The Morgan fingerprint density at radius 3 is 1.18 bits per heavy atom. The third-order valence-corrected chi connectivity index (χ3v) is 4.79. The zero-order valence-electron chi connectivity index (χ0n) is 15.2. The molecule has 5 rings (SSSR count). The van der Waals surface area contributed by atoms with E-state index in [1.807, 2.05) is 72.8 Å². The van der Waals surface area contributed by atoms with Crippen LogP contribution in [0, 0.1) is 0 Å². The minimum Gasteiger partial charge on any atom is -0.453 e. The van der Waals surface area contributed by atoms with Gasteiger partial charge in [-0.05, 0) is 35.0 Å². The maximum atomic E-state index is 6.28. The van der Waals surface area contributed by atoms with Crippen molar-refractivity contribution < 1.29 is 9.47 Å². The van der Waals surface area contributed by atoms with E-state index < -0.39 is 0 Å². The van der Waals surface area contributed by atoms with Crippen molar-refractivity contribution in [3.63, 3.8) is 0 Å². The summed E-state index contributed by atoms with van der Waals surface area (Å²) in [5.74, 6) is 3.00. The van der Waals surface area contributed by atoms with Crippen LogP contribution in [0.15, 0.2) is 109 Å². The van der Waals surface area contributed by atoms with Crippen LogP contribution < -0.4 is 9.47 Å². The van der Waals surface area contributed by atoms with Crippen LogP contribution in [0.25, 0.3) is 21.5 Å². The van der Waals surface area contributed by atoms with Crippen molar-refractivity contribution in [2.75, 3.05) is 0 Å². The molecule has 0 aromatic heterocycles. The van der Waals surface area contributed by atoms with E-state index in [-0.39, 0.29) is 0 Å². The molecule has 2 nitrogen and oxygen atoms in total. The highest BCUT2D eigenvalue weighted by Gasteiger charge is 2.10. The van der Waals surface area contributed by atoms with E-state index in [1.54, 1.807) is 0 Å². The smallest absolute Gasteiger partial charge is 0.169 e. The molecular weight excluding hydrogens is 344 g/mol. The summed E-state index contributed by atoms with van der Waals surface area (Å²) < 4.78 is 12.6. The number of benzene rings is 5. The van der Waals surface area contributed by atoms with Gasteiger partial charge in [0.1, 0.15) is 11.5 Å². The van der Waals surface area contributed by atoms with Crippen LogP contribution in [0.4, 0.5) is 0 Å². The molecule has 0 aliphatic rings. The monoisotopic (exact) mass is 362 g/mol. The molecule has 28 heavy (non-hydrogen) atoms. The van der Waals surface area contributed by atoms with Crippen LogP contribution in [0.1, 0.15) is 0 Å². The molecule has 2 heteroatoms. The van der Waals surface area contributed by atoms with Gasteiger partial charge in [-0.3, -0.25) is 0 Å². The Balaban J connectivity index is 1.54. The van der Waals surface area contributed by atoms with Gasteiger partial charge in [-0.15, -0.1) is 0 Å². The average molecular weight is 362 g/mol. The second kappa shape index (κ2) is 7.09. The lowest BCUT2D eigenvalue weighted by Gasteiger charge is -2.14. The number of hydrogen-bond acceptors (Lipinski definition) is 2.